The topological polar surface area (TPSA) is 38.3 Å². The van der Waals surface area contributed by atoms with Crippen molar-refractivity contribution < 1.29 is 9.53 Å². The largest absolute Gasteiger partial charge is 0.372 e. The Morgan fingerprint density at radius 2 is 1.92 bits per heavy atom. The Morgan fingerprint density at radius 3 is 2.31 bits per heavy atom. The van der Waals surface area contributed by atoms with Crippen LogP contribution in [-0.2, 0) is 9.53 Å². The molecule has 76 valence electrons. The highest BCUT2D eigenvalue weighted by Gasteiger charge is 2.33. The van der Waals surface area contributed by atoms with E-state index in [0.29, 0.717) is 12.1 Å². The zero-order valence-electron chi connectivity index (χ0n) is 8.89. The van der Waals surface area contributed by atoms with Gasteiger partial charge in [0.1, 0.15) is 0 Å². The summed E-state index contributed by atoms with van der Waals surface area (Å²) in [6.45, 7) is 7.72. The van der Waals surface area contributed by atoms with Crippen molar-refractivity contribution in [3.05, 3.63) is 0 Å². The van der Waals surface area contributed by atoms with Crippen LogP contribution in [0, 0.1) is 0 Å². The van der Waals surface area contributed by atoms with Crippen molar-refractivity contribution in [2.24, 2.45) is 0 Å². The van der Waals surface area contributed by atoms with Gasteiger partial charge in [0.25, 0.3) is 0 Å². The number of nitrogens with one attached hydrogen (secondary N) is 1. The van der Waals surface area contributed by atoms with Gasteiger partial charge < -0.3 is 10.1 Å². The van der Waals surface area contributed by atoms with Gasteiger partial charge in [-0.2, -0.15) is 0 Å². The zero-order chi connectivity index (χ0) is 10.1. The van der Waals surface area contributed by atoms with Crippen LogP contribution in [0.4, 0.5) is 0 Å². The van der Waals surface area contributed by atoms with Crippen LogP contribution in [0.15, 0.2) is 0 Å². The van der Waals surface area contributed by atoms with Crippen molar-refractivity contribution in [2.75, 3.05) is 0 Å². The minimum atomic E-state index is -0.0636. The summed E-state index contributed by atoms with van der Waals surface area (Å²) in [5, 5.41) is 2.88. The fraction of sp³-hybridized carbons (Fsp3) is 0.900. The quantitative estimate of drug-likeness (QED) is 0.707. The van der Waals surface area contributed by atoms with Crippen molar-refractivity contribution in [3.63, 3.8) is 0 Å². The monoisotopic (exact) mass is 185 g/mol. The number of carbonyl (C=O) groups is 1. The Labute approximate surface area is 79.8 Å². The van der Waals surface area contributed by atoms with E-state index in [9.17, 15) is 4.79 Å². The molecule has 0 bridgehead atoms. The molecule has 3 heteroatoms. The molecule has 1 N–H and O–H groups in total. The number of carbonyl (C=O) groups excluding carboxylic acids is 1. The third kappa shape index (κ3) is 3.77. The standard InChI is InChI=1S/C10H19NO2/c1-7(12)11-8-5-9(6-8)13-10(2,3)4/h8-9H,5-6H2,1-4H3,(H,11,12)/t8-,9+. The molecular formula is C10H19NO2. The Kier molecular flexibility index (Phi) is 2.96. The predicted molar refractivity (Wildman–Crippen MR) is 51.5 cm³/mol. The van der Waals surface area contributed by atoms with E-state index < -0.39 is 0 Å². The molecule has 1 rings (SSSR count). The van der Waals surface area contributed by atoms with Gasteiger partial charge in [-0.3, -0.25) is 4.79 Å². The molecule has 0 saturated heterocycles. The SMILES string of the molecule is CC(=O)N[C@H]1C[C@@H](OC(C)(C)C)C1. The summed E-state index contributed by atoms with van der Waals surface area (Å²) in [5.74, 6) is 0.0548. The molecular weight excluding hydrogens is 166 g/mol. The van der Waals surface area contributed by atoms with Crippen LogP contribution in [0.1, 0.15) is 40.5 Å². The summed E-state index contributed by atoms with van der Waals surface area (Å²) in [4.78, 5) is 10.7. The lowest BCUT2D eigenvalue weighted by atomic mass is 9.88. The summed E-state index contributed by atoms with van der Waals surface area (Å²) in [5.41, 5.74) is -0.0636. The van der Waals surface area contributed by atoms with Crippen LogP contribution in [0.2, 0.25) is 0 Å². The number of ether oxygens (including phenoxy) is 1. The first-order valence-electron chi connectivity index (χ1n) is 4.82. The lowest BCUT2D eigenvalue weighted by Crippen LogP contribution is -2.49. The van der Waals surface area contributed by atoms with E-state index in [2.05, 4.69) is 26.1 Å². The molecule has 1 amide bonds. The van der Waals surface area contributed by atoms with Crippen molar-refractivity contribution >= 4 is 5.91 Å². The predicted octanol–water partition coefficient (Wildman–Crippen LogP) is 1.47. The van der Waals surface area contributed by atoms with Crippen molar-refractivity contribution in [1.29, 1.82) is 0 Å². The van der Waals surface area contributed by atoms with Gasteiger partial charge >= 0.3 is 0 Å². The first-order chi connectivity index (χ1) is 5.87. The maximum absolute atomic E-state index is 10.7. The third-order valence-electron chi connectivity index (χ3n) is 2.02. The molecule has 0 aromatic carbocycles. The molecule has 0 aromatic rings. The van der Waals surface area contributed by atoms with E-state index in [-0.39, 0.29) is 11.5 Å². The molecule has 3 nitrogen and oxygen atoms in total. The molecule has 0 aromatic heterocycles. The second-order valence-electron chi connectivity index (χ2n) is 4.72. The van der Waals surface area contributed by atoms with Gasteiger partial charge in [0.05, 0.1) is 11.7 Å². The van der Waals surface area contributed by atoms with Gasteiger partial charge in [-0.25, -0.2) is 0 Å². The molecule has 1 aliphatic rings. The fourth-order valence-corrected chi connectivity index (χ4v) is 1.57. The maximum atomic E-state index is 10.7. The highest BCUT2D eigenvalue weighted by Crippen LogP contribution is 2.27. The van der Waals surface area contributed by atoms with Crippen LogP contribution in [0.25, 0.3) is 0 Å². The molecule has 1 saturated carbocycles. The van der Waals surface area contributed by atoms with Crippen LogP contribution in [0.3, 0.4) is 0 Å². The zero-order valence-corrected chi connectivity index (χ0v) is 8.89. The first-order valence-corrected chi connectivity index (χ1v) is 4.82. The van der Waals surface area contributed by atoms with Gasteiger partial charge in [0.2, 0.25) is 5.91 Å². The Hall–Kier alpha value is -0.570. The molecule has 0 atom stereocenters. The van der Waals surface area contributed by atoms with Crippen molar-refractivity contribution in [3.8, 4) is 0 Å². The van der Waals surface area contributed by atoms with E-state index in [1.807, 2.05) is 0 Å². The Morgan fingerprint density at radius 1 is 1.38 bits per heavy atom. The van der Waals surface area contributed by atoms with Gasteiger partial charge in [-0.05, 0) is 33.6 Å². The van der Waals surface area contributed by atoms with E-state index in [4.69, 9.17) is 4.74 Å². The van der Waals surface area contributed by atoms with E-state index in [1.54, 1.807) is 6.92 Å². The Balaban J connectivity index is 2.15. The minimum absolute atomic E-state index is 0.0548. The number of hydrogen-bond donors (Lipinski definition) is 1. The van der Waals surface area contributed by atoms with Crippen LogP contribution >= 0.6 is 0 Å². The molecule has 1 fully saturated rings. The second kappa shape index (κ2) is 3.66. The summed E-state index contributed by atoms with van der Waals surface area (Å²) in [7, 11) is 0. The van der Waals surface area contributed by atoms with Crippen LogP contribution in [0.5, 0.6) is 0 Å². The smallest absolute Gasteiger partial charge is 0.217 e. The molecule has 13 heavy (non-hydrogen) atoms. The Bertz CT molecular complexity index is 190. The lowest BCUT2D eigenvalue weighted by molar-refractivity contribution is -0.125. The first kappa shape index (κ1) is 10.5. The molecule has 0 aliphatic heterocycles. The number of hydrogen-bond acceptors (Lipinski definition) is 2. The average Bonchev–Trinajstić information content (AvgIpc) is 1.78. The van der Waals surface area contributed by atoms with Gasteiger partial charge in [-0.1, -0.05) is 0 Å². The summed E-state index contributed by atoms with van der Waals surface area (Å²) in [6.07, 6.45) is 2.24. The van der Waals surface area contributed by atoms with E-state index in [0.717, 1.165) is 12.8 Å². The van der Waals surface area contributed by atoms with Crippen LogP contribution in [-0.4, -0.2) is 23.7 Å². The molecule has 0 heterocycles. The van der Waals surface area contributed by atoms with Crippen molar-refractivity contribution in [2.45, 2.75) is 58.3 Å². The maximum Gasteiger partial charge on any atom is 0.217 e. The lowest BCUT2D eigenvalue weighted by Gasteiger charge is -2.39. The highest BCUT2D eigenvalue weighted by molar-refractivity contribution is 5.73. The normalized spacial score (nSPS) is 28.0. The molecule has 1 aliphatic carbocycles. The van der Waals surface area contributed by atoms with E-state index in [1.165, 1.54) is 0 Å². The molecule has 0 unspecified atom stereocenters. The second-order valence-corrected chi connectivity index (χ2v) is 4.72. The number of rotatable bonds is 2. The van der Waals surface area contributed by atoms with Crippen LogP contribution < -0.4 is 5.32 Å². The van der Waals surface area contributed by atoms with Gasteiger partial charge in [0, 0.05) is 13.0 Å². The molecule has 0 radical (unpaired) electrons. The molecule has 0 spiro atoms. The number of amides is 1. The summed E-state index contributed by atoms with van der Waals surface area (Å²) >= 11 is 0. The highest BCUT2D eigenvalue weighted by atomic mass is 16.5. The third-order valence-corrected chi connectivity index (χ3v) is 2.02. The van der Waals surface area contributed by atoms with Gasteiger partial charge in [0.15, 0.2) is 0 Å². The summed E-state index contributed by atoms with van der Waals surface area (Å²) in [6, 6.07) is 0.338. The summed E-state index contributed by atoms with van der Waals surface area (Å²) < 4.78 is 5.73. The van der Waals surface area contributed by atoms with E-state index >= 15 is 0 Å². The minimum Gasteiger partial charge on any atom is -0.372 e. The average molecular weight is 185 g/mol. The van der Waals surface area contributed by atoms with Crippen molar-refractivity contribution in [1.82, 2.24) is 5.32 Å². The van der Waals surface area contributed by atoms with Gasteiger partial charge in [-0.15, -0.1) is 0 Å². The fourth-order valence-electron chi connectivity index (χ4n) is 1.57.